The van der Waals surface area contributed by atoms with Crippen molar-refractivity contribution in [2.24, 2.45) is 5.16 Å². The lowest BCUT2D eigenvalue weighted by Crippen LogP contribution is -2.52. The Balaban J connectivity index is 0.000000830. The molecule has 1 aromatic carbocycles. The summed E-state index contributed by atoms with van der Waals surface area (Å²) in [4.78, 5) is 37.6. The molecule has 1 saturated heterocycles. The van der Waals surface area contributed by atoms with Crippen molar-refractivity contribution in [1.82, 2.24) is 10.2 Å². The molecule has 36 heavy (non-hydrogen) atoms. The first-order valence-electron chi connectivity index (χ1n) is 11.6. The van der Waals surface area contributed by atoms with Gasteiger partial charge in [-0.05, 0) is 44.0 Å². The number of oxime groups is 1. The van der Waals surface area contributed by atoms with E-state index in [1.165, 1.54) is 4.90 Å². The van der Waals surface area contributed by atoms with Crippen molar-refractivity contribution < 1.29 is 38.9 Å². The molecule has 0 aromatic heterocycles. The minimum absolute atomic E-state index is 0.000399. The van der Waals surface area contributed by atoms with Gasteiger partial charge in [-0.25, -0.2) is 0 Å². The zero-order valence-electron chi connectivity index (χ0n) is 20.6. The number of hydrogen-bond donors (Lipinski definition) is 3. The van der Waals surface area contributed by atoms with Crippen molar-refractivity contribution in [2.75, 3.05) is 46.2 Å². The highest BCUT2D eigenvalue weighted by molar-refractivity contribution is 6.05. The number of piperidine rings is 1. The summed E-state index contributed by atoms with van der Waals surface area (Å²) in [6.07, 6.45) is 0.573. The van der Waals surface area contributed by atoms with Gasteiger partial charge in [0.15, 0.2) is 0 Å². The zero-order valence-corrected chi connectivity index (χ0v) is 20.6. The second kappa shape index (κ2) is 15.6. The summed E-state index contributed by atoms with van der Waals surface area (Å²) in [6.45, 7) is 6.05. The highest BCUT2D eigenvalue weighted by Gasteiger charge is 2.38. The molecule has 1 unspecified atom stereocenters. The quantitative estimate of drug-likeness (QED) is 0.106. The number of imide groups is 1. The van der Waals surface area contributed by atoms with Gasteiger partial charge in [-0.2, -0.15) is 0 Å². The first-order chi connectivity index (χ1) is 17.4. The zero-order chi connectivity index (χ0) is 26.3. The minimum Gasteiger partial charge on any atom is -0.411 e. The topological polar surface area (TPSA) is 147 Å². The molecule has 0 radical (unpaired) electrons. The molecule has 0 spiro atoms. The molecular formula is C25H33N3O8. The third-order valence-corrected chi connectivity index (χ3v) is 5.11. The smallest absolute Gasteiger partial charge is 0.255 e. The van der Waals surface area contributed by atoms with Gasteiger partial charge in [-0.3, -0.25) is 19.7 Å². The molecule has 3 N–H and O–H groups in total. The fraction of sp³-hybridized carbons (Fsp3) is 0.520. The molecule has 3 amide bonds. The third kappa shape index (κ3) is 9.39. The second-order valence-electron chi connectivity index (χ2n) is 8.12. The van der Waals surface area contributed by atoms with Crippen molar-refractivity contribution in [3.8, 4) is 11.8 Å². The normalized spacial score (nSPS) is 16.4. The summed E-state index contributed by atoms with van der Waals surface area (Å²) < 4.78 is 15.8. The van der Waals surface area contributed by atoms with E-state index >= 15 is 0 Å². The van der Waals surface area contributed by atoms with E-state index in [-0.39, 0.29) is 31.4 Å². The van der Waals surface area contributed by atoms with E-state index in [1.807, 2.05) is 6.07 Å². The molecule has 0 aliphatic carbocycles. The summed E-state index contributed by atoms with van der Waals surface area (Å²) in [5, 5.41) is 21.4. The number of rotatable bonds is 10. The lowest BCUT2D eigenvalue weighted by atomic mass is 10.0. The van der Waals surface area contributed by atoms with Gasteiger partial charge in [0, 0.05) is 24.1 Å². The van der Waals surface area contributed by atoms with E-state index in [1.54, 1.807) is 26.0 Å². The number of nitrogens with one attached hydrogen (secondary N) is 1. The van der Waals surface area contributed by atoms with Crippen LogP contribution in [0.25, 0.3) is 0 Å². The highest BCUT2D eigenvalue weighted by Crippen LogP contribution is 2.28. The van der Waals surface area contributed by atoms with E-state index in [4.69, 9.17) is 24.5 Å². The first-order valence-corrected chi connectivity index (χ1v) is 11.6. The standard InChI is InChI=1S/C22H26N2O7.C3H7NO/c25-7-9-30-11-13-31-12-10-29-8-1-2-16-3-4-18-17(14-16)15-24(22(18)28)19-5-6-20(26)23-21(19)27;1-3(2)4-5/h3-4,14,19,25H,5-13,15H2,(H,23,26,27);5H,1-2H3. The Labute approximate surface area is 210 Å². The van der Waals surface area contributed by atoms with Crippen molar-refractivity contribution in [1.29, 1.82) is 0 Å². The van der Waals surface area contributed by atoms with Crippen LogP contribution in [0.5, 0.6) is 0 Å². The van der Waals surface area contributed by atoms with Crippen molar-refractivity contribution in [2.45, 2.75) is 39.3 Å². The summed E-state index contributed by atoms with van der Waals surface area (Å²) >= 11 is 0. The molecule has 3 rings (SSSR count). The Morgan fingerprint density at radius 3 is 2.42 bits per heavy atom. The van der Waals surface area contributed by atoms with Gasteiger partial charge < -0.3 is 29.4 Å². The SMILES string of the molecule is CC(C)=NO.O=C1CCC(N2Cc3cc(C#CCOCCOCCOCCO)ccc3C2=O)C(=O)N1. The second-order valence-corrected chi connectivity index (χ2v) is 8.12. The Morgan fingerprint density at radius 1 is 1.11 bits per heavy atom. The molecule has 11 nitrogen and oxygen atoms in total. The number of ether oxygens (including phenoxy) is 3. The van der Waals surface area contributed by atoms with E-state index in [2.05, 4.69) is 22.3 Å². The van der Waals surface area contributed by atoms with Crippen molar-refractivity contribution >= 4 is 23.4 Å². The fourth-order valence-corrected chi connectivity index (χ4v) is 3.42. The molecule has 1 fully saturated rings. The number of hydrogen-bond acceptors (Lipinski definition) is 9. The van der Waals surface area contributed by atoms with Crippen LogP contribution in [0.2, 0.25) is 0 Å². The lowest BCUT2D eigenvalue weighted by Gasteiger charge is -2.29. The molecule has 2 heterocycles. The van der Waals surface area contributed by atoms with Crippen LogP contribution in [0.4, 0.5) is 0 Å². The van der Waals surface area contributed by atoms with Gasteiger partial charge in [-0.15, -0.1) is 0 Å². The van der Waals surface area contributed by atoms with E-state index in [0.29, 0.717) is 57.3 Å². The predicted octanol–water partition coefficient (Wildman–Crippen LogP) is 0.698. The number of aliphatic hydroxyl groups is 1. The van der Waals surface area contributed by atoms with Crippen LogP contribution in [0.3, 0.4) is 0 Å². The average molecular weight is 504 g/mol. The molecule has 2 aliphatic rings. The maximum absolute atomic E-state index is 12.7. The van der Waals surface area contributed by atoms with E-state index in [9.17, 15) is 14.4 Å². The van der Waals surface area contributed by atoms with Gasteiger partial charge in [0.2, 0.25) is 11.8 Å². The number of carbonyl (C=O) groups excluding carboxylic acids is 3. The van der Waals surface area contributed by atoms with Gasteiger partial charge in [-0.1, -0.05) is 17.0 Å². The molecule has 0 saturated carbocycles. The van der Waals surface area contributed by atoms with Crippen LogP contribution < -0.4 is 5.32 Å². The number of benzene rings is 1. The number of amides is 3. The number of fused-ring (bicyclic) bond motifs is 1. The Kier molecular flexibility index (Phi) is 12.6. The predicted molar refractivity (Wildman–Crippen MR) is 129 cm³/mol. The van der Waals surface area contributed by atoms with Crippen LogP contribution in [-0.4, -0.2) is 90.9 Å². The number of nitrogens with zero attached hydrogens (tertiary/aromatic N) is 2. The molecule has 0 bridgehead atoms. The first kappa shape index (κ1) is 28.9. The van der Waals surface area contributed by atoms with Crippen LogP contribution in [0.1, 0.15) is 48.2 Å². The number of carbonyl (C=O) groups is 3. The monoisotopic (exact) mass is 503 g/mol. The minimum atomic E-state index is -0.621. The van der Waals surface area contributed by atoms with E-state index in [0.717, 1.165) is 11.1 Å². The maximum Gasteiger partial charge on any atom is 0.255 e. The van der Waals surface area contributed by atoms with Gasteiger partial charge in [0.25, 0.3) is 5.91 Å². The van der Waals surface area contributed by atoms with E-state index < -0.39 is 11.9 Å². The van der Waals surface area contributed by atoms with Crippen LogP contribution in [0, 0.1) is 11.8 Å². The van der Waals surface area contributed by atoms with Crippen LogP contribution >= 0.6 is 0 Å². The molecular weight excluding hydrogens is 470 g/mol. The van der Waals surface area contributed by atoms with Gasteiger partial charge in [0.05, 0.1) is 45.4 Å². The highest BCUT2D eigenvalue weighted by atomic mass is 16.5. The van der Waals surface area contributed by atoms with Crippen LogP contribution in [0.15, 0.2) is 23.4 Å². The van der Waals surface area contributed by atoms with Crippen molar-refractivity contribution in [3.63, 3.8) is 0 Å². The molecule has 11 heteroatoms. The maximum atomic E-state index is 12.7. The van der Waals surface area contributed by atoms with Gasteiger partial charge in [0.1, 0.15) is 12.6 Å². The molecule has 196 valence electrons. The summed E-state index contributed by atoms with van der Waals surface area (Å²) in [5.74, 6) is 5.02. The summed E-state index contributed by atoms with van der Waals surface area (Å²) in [6, 6.07) is 4.72. The Hall–Kier alpha value is -3.30. The Bertz CT molecular complexity index is 995. The molecule has 1 aromatic rings. The lowest BCUT2D eigenvalue weighted by molar-refractivity contribution is -0.136. The third-order valence-electron chi connectivity index (χ3n) is 5.11. The summed E-state index contributed by atoms with van der Waals surface area (Å²) in [5.41, 5.74) is 2.83. The average Bonchev–Trinajstić information content (AvgIpc) is 3.18. The van der Waals surface area contributed by atoms with Crippen molar-refractivity contribution in [3.05, 3.63) is 34.9 Å². The van der Waals surface area contributed by atoms with Crippen LogP contribution in [-0.2, 0) is 30.3 Å². The number of aliphatic hydroxyl groups excluding tert-OH is 1. The largest absolute Gasteiger partial charge is 0.411 e. The van der Waals surface area contributed by atoms with Gasteiger partial charge >= 0.3 is 0 Å². The molecule has 2 aliphatic heterocycles. The fourth-order valence-electron chi connectivity index (χ4n) is 3.42. The Morgan fingerprint density at radius 2 is 1.78 bits per heavy atom. The summed E-state index contributed by atoms with van der Waals surface area (Å²) in [7, 11) is 0. The molecule has 1 atom stereocenters.